The molecule has 0 N–H and O–H groups in total. The van der Waals surface area contributed by atoms with E-state index in [1.165, 1.54) is 35.0 Å². The van der Waals surface area contributed by atoms with Gasteiger partial charge < -0.3 is 9.47 Å². The Labute approximate surface area is 148 Å². The number of hydrogen-bond acceptors (Lipinski definition) is 6. The molecule has 2 aromatic rings. The second kappa shape index (κ2) is 7.20. The Morgan fingerprint density at radius 3 is 2.72 bits per heavy atom. The lowest BCUT2D eigenvalue weighted by atomic mass is 10.1. The fourth-order valence-corrected chi connectivity index (χ4v) is 5.34. The van der Waals surface area contributed by atoms with E-state index in [0.29, 0.717) is 5.56 Å². The fraction of sp³-hybridized carbons (Fsp3) is 0.312. The standard InChI is InChI=1S/C16H16FNO5S2/c1-22-16(19)15-14(6-9-24-15)25(20,21)18-7-8-23-13(10-18)11-2-4-12(17)5-3-11/h2-6,9,13H,7-8,10H2,1H3/t13-/m0/s1. The van der Waals surface area contributed by atoms with Gasteiger partial charge in [-0.3, -0.25) is 0 Å². The van der Waals surface area contributed by atoms with Crippen LogP contribution in [0.2, 0.25) is 0 Å². The van der Waals surface area contributed by atoms with Crippen LogP contribution in [0, 0.1) is 5.82 Å². The Kier molecular flexibility index (Phi) is 5.19. The molecule has 0 aliphatic carbocycles. The van der Waals surface area contributed by atoms with E-state index in [1.807, 2.05) is 0 Å². The normalized spacial score (nSPS) is 18.9. The van der Waals surface area contributed by atoms with E-state index in [0.717, 1.165) is 11.3 Å². The second-order valence-electron chi connectivity index (χ2n) is 5.38. The minimum atomic E-state index is -3.86. The number of hydrogen-bond donors (Lipinski definition) is 0. The molecule has 3 rings (SSSR count). The van der Waals surface area contributed by atoms with Crippen molar-refractivity contribution in [3.8, 4) is 0 Å². The molecular formula is C16H16FNO5S2. The van der Waals surface area contributed by atoms with E-state index in [9.17, 15) is 17.6 Å². The van der Waals surface area contributed by atoms with Crippen LogP contribution in [0.1, 0.15) is 21.3 Å². The number of esters is 1. The SMILES string of the molecule is COC(=O)c1sccc1S(=O)(=O)N1CCO[C@H](c2ccc(F)cc2)C1. The van der Waals surface area contributed by atoms with Crippen molar-refractivity contribution < 1.29 is 27.1 Å². The molecule has 1 saturated heterocycles. The zero-order valence-corrected chi connectivity index (χ0v) is 15.0. The van der Waals surface area contributed by atoms with Gasteiger partial charge in [-0.05, 0) is 29.1 Å². The summed E-state index contributed by atoms with van der Waals surface area (Å²) in [7, 11) is -2.66. The molecule has 1 atom stereocenters. The molecule has 1 fully saturated rings. The molecule has 0 saturated carbocycles. The molecule has 134 valence electrons. The molecule has 9 heteroatoms. The Hall–Kier alpha value is -1.81. The molecule has 25 heavy (non-hydrogen) atoms. The molecule has 0 unspecified atom stereocenters. The lowest BCUT2D eigenvalue weighted by molar-refractivity contribution is -0.00259. The van der Waals surface area contributed by atoms with Crippen LogP contribution in [0.4, 0.5) is 4.39 Å². The van der Waals surface area contributed by atoms with Crippen LogP contribution in [0.15, 0.2) is 40.6 Å². The number of carbonyl (C=O) groups excluding carboxylic acids is 1. The summed E-state index contributed by atoms with van der Waals surface area (Å²) in [4.78, 5) is 11.8. The Morgan fingerprint density at radius 1 is 1.32 bits per heavy atom. The summed E-state index contributed by atoms with van der Waals surface area (Å²) in [6.45, 7) is 0.472. The van der Waals surface area contributed by atoms with Crippen molar-refractivity contribution in [2.24, 2.45) is 0 Å². The predicted octanol–water partition coefficient (Wildman–Crippen LogP) is 2.44. The largest absolute Gasteiger partial charge is 0.465 e. The zero-order valence-electron chi connectivity index (χ0n) is 13.3. The van der Waals surface area contributed by atoms with Gasteiger partial charge >= 0.3 is 5.97 Å². The molecule has 1 aromatic heterocycles. The van der Waals surface area contributed by atoms with Gasteiger partial charge in [-0.2, -0.15) is 4.31 Å². The van der Waals surface area contributed by atoms with Crippen LogP contribution in [0.3, 0.4) is 0 Å². The number of sulfonamides is 1. The minimum Gasteiger partial charge on any atom is -0.465 e. The Bertz CT molecular complexity index is 863. The third-order valence-corrected chi connectivity index (χ3v) is 6.82. The molecule has 2 heterocycles. The van der Waals surface area contributed by atoms with Gasteiger partial charge in [0.1, 0.15) is 15.6 Å². The monoisotopic (exact) mass is 385 g/mol. The first-order chi connectivity index (χ1) is 11.9. The summed E-state index contributed by atoms with van der Waals surface area (Å²) in [6, 6.07) is 7.15. The van der Waals surface area contributed by atoms with E-state index in [-0.39, 0.29) is 35.3 Å². The fourth-order valence-electron chi connectivity index (χ4n) is 2.60. The number of benzene rings is 1. The summed E-state index contributed by atoms with van der Waals surface area (Å²) in [5, 5.41) is 1.54. The van der Waals surface area contributed by atoms with Crippen LogP contribution in [-0.4, -0.2) is 45.5 Å². The molecule has 0 amide bonds. The summed E-state index contributed by atoms with van der Waals surface area (Å²) in [5.74, 6) is -1.05. The second-order valence-corrected chi connectivity index (χ2v) is 8.20. The number of morpholine rings is 1. The Balaban J connectivity index is 1.86. The highest BCUT2D eigenvalue weighted by Crippen LogP contribution is 2.30. The van der Waals surface area contributed by atoms with Crippen LogP contribution >= 0.6 is 11.3 Å². The summed E-state index contributed by atoms with van der Waals surface area (Å²) >= 11 is 1.02. The van der Waals surface area contributed by atoms with Crippen LogP contribution < -0.4 is 0 Å². The highest BCUT2D eigenvalue weighted by molar-refractivity contribution is 7.89. The molecule has 0 spiro atoms. The number of thiophene rings is 1. The van der Waals surface area contributed by atoms with Crippen molar-refractivity contribution in [3.05, 3.63) is 52.0 Å². The maximum absolute atomic E-state index is 13.1. The highest BCUT2D eigenvalue weighted by Gasteiger charge is 2.34. The molecule has 1 aromatic carbocycles. The first-order valence-electron chi connectivity index (χ1n) is 7.46. The van der Waals surface area contributed by atoms with Gasteiger partial charge in [0.05, 0.1) is 19.8 Å². The number of halogens is 1. The minimum absolute atomic E-state index is 0.0484. The maximum Gasteiger partial charge on any atom is 0.349 e. The Morgan fingerprint density at radius 2 is 2.04 bits per heavy atom. The van der Waals surface area contributed by atoms with Gasteiger partial charge in [0.25, 0.3) is 0 Å². The van der Waals surface area contributed by atoms with Gasteiger partial charge in [-0.15, -0.1) is 11.3 Å². The van der Waals surface area contributed by atoms with Crippen LogP contribution in [0.5, 0.6) is 0 Å². The zero-order chi connectivity index (χ0) is 18.0. The number of methoxy groups -OCH3 is 1. The predicted molar refractivity (Wildman–Crippen MR) is 89.5 cm³/mol. The molecule has 6 nitrogen and oxygen atoms in total. The van der Waals surface area contributed by atoms with E-state index in [4.69, 9.17) is 4.74 Å². The summed E-state index contributed by atoms with van der Waals surface area (Å²) in [6.07, 6.45) is -0.496. The first-order valence-corrected chi connectivity index (χ1v) is 9.78. The average molecular weight is 385 g/mol. The summed E-state index contributed by atoms with van der Waals surface area (Å²) < 4.78 is 50.5. The van der Waals surface area contributed by atoms with Gasteiger partial charge in [-0.1, -0.05) is 12.1 Å². The van der Waals surface area contributed by atoms with Crippen molar-refractivity contribution in [3.63, 3.8) is 0 Å². The number of nitrogens with zero attached hydrogens (tertiary/aromatic N) is 1. The van der Waals surface area contributed by atoms with Gasteiger partial charge in [0.15, 0.2) is 0 Å². The molecular weight excluding hydrogens is 369 g/mol. The third kappa shape index (κ3) is 3.59. The molecule has 1 aliphatic heterocycles. The highest BCUT2D eigenvalue weighted by atomic mass is 32.2. The number of rotatable bonds is 4. The van der Waals surface area contributed by atoms with Crippen molar-refractivity contribution in [1.82, 2.24) is 4.31 Å². The molecule has 0 bridgehead atoms. The van der Waals surface area contributed by atoms with Crippen molar-refractivity contribution >= 4 is 27.3 Å². The number of carbonyl (C=O) groups is 1. The topological polar surface area (TPSA) is 72.9 Å². The van der Waals surface area contributed by atoms with E-state index >= 15 is 0 Å². The third-order valence-electron chi connectivity index (χ3n) is 3.89. The smallest absolute Gasteiger partial charge is 0.349 e. The van der Waals surface area contributed by atoms with E-state index in [1.54, 1.807) is 12.1 Å². The first kappa shape index (κ1) is 18.0. The van der Waals surface area contributed by atoms with Crippen LogP contribution in [-0.2, 0) is 19.5 Å². The molecule has 0 radical (unpaired) electrons. The summed E-state index contributed by atoms with van der Waals surface area (Å²) in [5.41, 5.74) is 0.694. The maximum atomic E-state index is 13.1. The van der Waals surface area contributed by atoms with Gasteiger partial charge in [-0.25, -0.2) is 17.6 Å². The van der Waals surface area contributed by atoms with Gasteiger partial charge in [0.2, 0.25) is 10.0 Å². The lowest BCUT2D eigenvalue weighted by Crippen LogP contribution is -2.42. The van der Waals surface area contributed by atoms with Crippen LogP contribution in [0.25, 0.3) is 0 Å². The lowest BCUT2D eigenvalue weighted by Gasteiger charge is -2.32. The number of ether oxygens (including phenoxy) is 2. The molecule has 1 aliphatic rings. The van der Waals surface area contributed by atoms with Crippen molar-refractivity contribution in [2.75, 3.05) is 26.8 Å². The van der Waals surface area contributed by atoms with Crippen molar-refractivity contribution in [1.29, 1.82) is 0 Å². The van der Waals surface area contributed by atoms with Crippen molar-refractivity contribution in [2.45, 2.75) is 11.0 Å². The average Bonchev–Trinajstić information content (AvgIpc) is 3.12. The van der Waals surface area contributed by atoms with Gasteiger partial charge in [0, 0.05) is 13.1 Å². The quantitative estimate of drug-likeness (QED) is 0.756. The van der Waals surface area contributed by atoms with E-state index < -0.39 is 22.1 Å². The van der Waals surface area contributed by atoms with E-state index in [2.05, 4.69) is 4.74 Å².